The summed E-state index contributed by atoms with van der Waals surface area (Å²) in [6, 6.07) is 4.02. The molecule has 130 valence electrons. The van der Waals surface area contributed by atoms with Crippen molar-refractivity contribution in [3.05, 3.63) is 28.8 Å². The number of carboxylic acid groups (broad SMARTS) is 1. The number of carboxylic acids is 1. The summed E-state index contributed by atoms with van der Waals surface area (Å²) in [4.78, 5) is 11.2. The second-order valence-corrected chi connectivity index (χ2v) is 8.55. The van der Waals surface area contributed by atoms with E-state index in [-0.39, 0.29) is 23.2 Å². The summed E-state index contributed by atoms with van der Waals surface area (Å²) in [6.45, 7) is 14.5. The molecule has 2 N–H and O–H groups in total. The fourth-order valence-corrected chi connectivity index (χ4v) is 2.98. The van der Waals surface area contributed by atoms with Crippen LogP contribution in [-0.2, 0) is 15.6 Å². The molecular weight excluding hydrogens is 288 g/mol. The van der Waals surface area contributed by atoms with E-state index in [1.54, 1.807) is 0 Å². The van der Waals surface area contributed by atoms with Crippen LogP contribution in [0.5, 0.6) is 5.75 Å². The van der Waals surface area contributed by atoms with Gasteiger partial charge in [0.25, 0.3) is 0 Å². The van der Waals surface area contributed by atoms with Crippen molar-refractivity contribution in [2.75, 3.05) is 0 Å². The number of hydrogen-bond acceptors (Lipinski definition) is 2. The average Bonchev–Trinajstić information content (AvgIpc) is 2.35. The molecule has 1 unspecified atom stereocenters. The first-order chi connectivity index (χ1) is 10.4. The normalized spacial score (nSPS) is 13.9. The van der Waals surface area contributed by atoms with Crippen molar-refractivity contribution in [2.45, 2.75) is 84.5 Å². The van der Waals surface area contributed by atoms with Crippen LogP contribution in [0.2, 0.25) is 0 Å². The standard InChI is InChI=1S/C20H32O3/c1-8-9-13(12-17(21)22)14-10-15(19(2,3)4)18(23)16(11-14)20(5,6)7/h10-11,13,23H,8-9,12H2,1-7H3,(H,21,22). The van der Waals surface area contributed by atoms with Gasteiger partial charge >= 0.3 is 5.97 Å². The molecule has 0 bridgehead atoms. The van der Waals surface area contributed by atoms with Crippen molar-refractivity contribution >= 4 is 5.97 Å². The Hall–Kier alpha value is -1.51. The van der Waals surface area contributed by atoms with Crippen LogP contribution in [0.4, 0.5) is 0 Å². The van der Waals surface area contributed by atoms with E-state index in [2.05, 4.69) is 48.5 Å². The maximum atomic E-state index is 11.2. The SMILES string of the molecule is CCCC(CC(=O)O)c1cc(C(C)(C)C)c(O)c(C(C)(C)C)c1. The Morgan fingerprint density at radius 1 is 1.04 bits per heavy atom. The zero-order valence-electron chi connectivity index (χ0n) is 15.7. The van der Waals surface area contributed by atoms with Gasteiger partial charge in [0.15, 0.2) is 0 Å². The number of rotatable bonds is 5. The predicted molar refractivity (Wildman–Crippen MR) is 95.4 cm³/mol. The van der Waals surface area contributed by atoms with Crippen molar-refractivity contribution in [1.82, 2.24) is 0 Å². The monoisotopic (exact) mass is 320 g/mol. The molecule has 0 spiro atoms. The molecule has 1 aromatic rings. The third-order valence-electron chi connectivity index (χ3n) is 4.28. The molecule has 0 aliphatic rings. The van der Waals surface area contributed by atoms with Crippen LogP contribution in [0.25, 0.3) is 0 Å². The first kappa shape index (κ1) is 19.5. The largest absolute Gasteiger partial charge is 0.507 e. The van der Waals surface area contributed by atoms with Crippen LogP contribution >= 0.6 is 0 Å². The number of aliphatic carboxylic acids is 1. The van der Waals surface area contributed by atoms with Gasteiger partial charge in [0.2, 0.25) is 0 Å². The van der Waals surface area contributed by atoms with Crippen LogP contribution in [0, 0.1) is 0 Å². The lowest BCUT2D eigenvalue weighted by Crippen LogP contribution is -2.19. The number of phenols is 1. The first-order valence-corrected chi connectivity index (χ1v) is 8.47. The van der Waals surface area contributed by atoms with Gasteiger partial charge in [0.05, 0.1) is 6.42 Å². The van der Waals surface area contributed by atoms with Crippen LogP contribution in [0.3, 0.4) is 0 Å². The molecule has 1 atom stereocenters. The van der Waals surface area contributed by atoms with Gasteiger partial charge in [0.1, 0.15) is 5.75 Å². The van der Waals surface area contributed by atoms with Crippen LogP contribution in [-0.4, -0.2) is 16.2 Å². The highest BCUT2D eigenvalue weighted by molar-refractivity contribution is 5.68. The summed E-state index contributed by atoms with van der Waals surface area (Å²) in [5, 5.41) is 20.0. The molecule has 3 nitrogen and oxygen atoms in total. The summed E-state index contributed by atoms with van der Waals surface area (Å²) >= 11 is 0. The molecule has 23 heavy (non-hydrogen) atoms. The molecule has 0 amide bonds. The van der Waals surface area contributed by atoms with Gasteiger partial charge in [-0.05, 0) is 39.9 Å². The van der Waals surface area contributed by atoms with E-state index in [4.69, 9.17) is 0 Å². The fourth-order valence-electron chi connectivity index (χ4n) is 2.98. The minimum absolute atomic E-state index is 0.0136. The van der Waals surface area contributed by atoms with E-state index in [1.807, 2.05) is 12.1 Å². The molecule has 1 aromatic carbocycles. The minimum atomic E-state index is -0.772. The highest BCUT2D eigenvalue weighted by atomic mass is 16.4. The van der Waals surface area contributed by atoms with Gasteiger partial charge in [-0.15, -0.1) is 0 Å². The third-order valence-corrected chi connectivity index (χ3v) is 4.28. The molecule has 1 rings (SSSR count). The second kappa shape index (κ2) is 6.94. The highest BCUT2D eigenvalue weighted by Crippen LogP contribution is 2.42. The summed E-state index contributed by atoms with van der Waals surface area (Å²) in [7, 11) is 0. The smallest absolute Gasteiger partial charge is 0.303 e. The Balaban J connectivity index is 3.56. The summed E-state index contributed by atoms with van der Waals surface area (Å²) < 4.78 is 0. The third kappa shape index (κ3) is 4.98. The van der Waals surface area contributed by atoms with Crippen LogP contribution in [0.1, 0.15) is 90.3 Å². The first-order valence-electron chi connectivity index (χ1n) is 8.47. The summed E-state index contributed by atoms with van der Waals surface area (Å²) in [5.41, 5.74) is 2.43. The van der Waals surface area contributed by atoms with Crippen molar-refractivity contribution in [3.63, 3.8) is 0 Å². The van der Waals surface area contributed by atoms with E-state index in [0.29, 0.717) is 5.75 Å². The van der Waals surface area contributed by atoms with Crippen molar-refractivity contribution in [3.8, 4) is 5.75 Å². The zero-order valence-corrected chi connectivity index (χ0v) is 15.7. The fraction of sp³-hybridized carbons (Fsp3) is 0.650. The van der Waals surface area contributed by atoms with Gasteiger partial charge in [-0.1, -0.05) is 67.0 Å². The summed E-state index contributed by atoms with van der Waals surface area (Å²) in [6.07, 6.45) is 1.91. The van der Waals surface area contributed by atoms with Crippen molar-refractivity contribution < 1.29 is 15.0 Å². The molecule has 0 radical (unpaired) electrons. The van der Waals surface area contributed by atoms with Crippen molar-refractivity contribution in [2.24, 2.45) is 0 Å². The molecule has 0 heterocycles. The summed E-state index contributed by atoms with van der Waals surface area (Å²) in [5.74, 6) is -0.439. The van der Waals surface area contributed by atoms with E-state index < -0.39 is 5.97 Å². The van der Waals surface area contributed by atoms with E-state index >= 15 is 0 Å². The lowest BCUT2D eigenvalue weighted by Gasteiger charge is -2.29. The van der Waals surface area contributed by atoms with Gasteiger partial charge in [-0.2, -0.15) is 0 Å². The Bertz CT molecular complexity index is 524. The number of aromatic hydroxyl groups is 1. The van der Waals surface area contributed by atoms with Crippen molar-refractivity contribution in [1.29, 1.82) is 0 Å². The lowest BCUT2D eigenvalue weighted by molar-refractivity contribution is -0.137. The minimum Gasteiger partial charge on any atom is -0.507 e. The van der Waals surface area contributed by atoms with E-state index in [9.17, 15) is 15.0 Å². The lowest BCUT2D eigenvalue weighted by atomic mass is 9.76. The maximum Gasteiger partial charge on any atom is 0.303 e. The topological polar surface area (TPSA) is 57.5 Å². The molecule has 0 saturated heterocycles. The van der Waals surface area contributed by atoms with Gasteiger partial charge in [0, 0.05) is 0 Å². The molecule has 3 heteroatoms. The average molecular weight is 320 g/mol. The number of hydrogen-bond donors (Lipinski definition) is 2. The number of carbonyl (C=O) groups is 1. The number of benzene rings is 1. The Labute approximate surface area is 140 Å². The van der Waals surface area contributed by atoms with Crippen LogP contribution < -0.4 is 0 Å². The quantitative estimate of drug-likeness (QED) is 0.769. The van der Waals surface area contributed by atoms with Gasteiger partial charge in [-0.25, -0.2) is 0 Å². The zero-order chi connectivity index (χ0) is 18.0. The number of phenolic OH excluding ortho intramolecular Hbond substituents is 1. The molecule has 0 fully saturated rings. The Morgan fingerprint density at radius 2 is 1.48 bits per heavy atom. The van der Waals surface area contributed by atoms with Gasteiger partial charge < -0.3 is 10.2 Å². The molecule has 0 saturated carbocycles. The van der Waals surface area contributed by atoms with Gasteiger partial charge in [-0.3, -0.25) is 4.79 Å². The molecule has 0 aliphatic carbocycles. The highest BCUT2D eigenvalue weighted by Gasteiger charge is 2.28. The van der Waals surface area contributed by atoms with Crippen LogP contribution in [0.15, 0.2) is 12.1 Å². The second-order valence-electron chi connectivity index (χ2n) is 8.55. The Kier molecular flexibility index (Phi) is 5.89. The van der Waals surface area contributed by atoms with E-state index in [0.717, 1.165) is 29.5 Å². The molecular formula is C20H32O3. The molecule has 0 aromatic heterocycles. The Morgan fingerprint density at radius 3 is 1.78 bits per heavy atom. The maximum absolute atomic E-state index is 11.2. The molecule has 0 aliphatic heterocycles. The van der Waals surface area contributed by atoms with E-state index in [1.165, 1.54) is 0 Å². The predicted octanol–water partition coefficient (Wildman–Crippen LogP) is 5.35.